The maximum atomic E-state index is 12.3. The van der Waals surface area contributed by atoms with Crippen molar-refractivity contribution < 1.29 is 4.79 Å². The third kappa shape index (κ3) is 3.22. The van der Waals surface area contributed by atoms with Crippen LogP contribution in [0.3, 0.4) is 0 Å². The van der Waals surface area contributed by atoms with Crippen LogP contribution in [0.2, 0.25) is 0 Å². The van der Waals surface area contributed by atoms with E-state index in [1.165, 1.54) is 11.1 Å². The molecule has 2 nitrogen and oxygen atoms in total. The third-order valence-electron chi connectivity index (χ3n) is 3.28. The average molecular weight is 253 g/mol. The Hall–Kier alpha value is -2.09. The van der Waals surface area contributed by atoms with Crippen molar-refractivity contribution in [1.29, 1.82) is 0 Å². The Bertz CT molecular complexity index is 589. The smallest absolute Gasteiger partial charge is 0.253 e. The maximum Gasteiger partial charge on any atom is 0.253 e. The van der Waals surface area contributed by atoms with Crippen molar-refractivity contribution in [2.24, 2.45) is 0 Å². The highest BCUT2D eigenvalue weighted by molar-refractivity contribution is 5.94. The molecule has 0 bridgehead atoms. The molecule has 0 fully saturated rings. The Morgan fingerprint density at radius 3 is 2.47 bits per heavy atom. The van der Waals surface area contributed by atoms with Crippen LogP contribution in [0, 0.1) is 13.8 Å². The first-order valence-corrected chi connectivity index (χ1v) is 6.44. The van der Waals surface area contributed by atoms with Crippen molar-refractivity contribution in [2.45, 2.75) is 20.4 Å². The molecule has 0 unspecified atom stereocenters. The minimum Gasteiger partial charge on any atom is -0.337 e. The van der Waals surface area contributed by atoms with Gasteiger partial charge in [0.1, 0.15) is 0 Å². The van der Waals surface area contributed by atoms with Gasteiger partial charge in [0.15, 0.2) is 0 Å². The van der Waals surface area contributed by atoms with Gasteiger partial charge in [-0.25, -0.2) is 0 Å². The van der Waals surface area contributed by atoms with Gasteiger partial charge in [0.25, 0.3) is 5.91 Å². The zero-order valence-electron chi connectivity index (χ0n) is 11.7. The lowest BCUT2D eigenvalue weighted by molar-refractivity contribution is 0.0785. The SMILES string of the molecule is Cc1cccc(C(=O)N(C)Cc2ccccc2C)c1. The predicted octanol–water partition coefficient (Wildman–Crippen LogP) is 3.58. The number of hydrogen-bond acceptors (Lipinski definition) is 1. The Balaban J connectivity index is 2.14. The number of nitrogens with zero attached hydrogens (tertiary/aromatic N) is 1. The van der Waals surface area contributed by atoms with Gasteiger partial charge in [0.05, 0.1) is 0 Å². The minimum absolute atomic E-state index is 0.0620. The molecule has 0 saturated carbocycles. The highest BCUT2D eigenvalue weighted by Crippen LogP contribution is 2.12. The van der Waals surface area contributed by atoms with E-state index in [-0.39, 0.29) is 5.91 Å². The normalized spacial score (nSPS) is 10.3. The lowest BCUT2D eigenvalue weighted by Crippen LogP contribution is -2.26. The fourth-order valence-electron chi connectivity index (χ4n) is 2.11. The highest BCUT2D eigenvalue weighted by atomic mass is 16.2. The number of hydrogen-bond donors (Lipinski definition) is 0. The van der Waals surface area contributed by atoms with E-state index in [0.717, 1.165) is 11.1 Å². The fraction of sp³-hybridized carbons (Fsp3) is 0.235. The summed E-state index contributed by atoms with van der Waals surface area (Å²) < 4.78 is 0. The van der Waals surface area contributed by atoms with Crippen molar-refractivity contribution in [3.05, 3.63) is 70.8 Å². The van der Waals surface area contributed by atoms with Crippen molar-refractivity contribution in [1.82, 2.24) is 4.90 Å². The van der Waals surface area contributed by atoms with Crippen LogP contribution in [-0.4, -0.2) is 17.9 Å². The molecule has 2 rings (SSSR count). The van der Waals surface area contributed by atoms with Gasteiger partial charge in [-0.3, -0.25) is 4.79 Å². The summed E-state index contributed by atoms with van der Waals surface area (Å²) in [6.45, 7) is 4.71. The monoisotopic (exact) mass is 253 g/mol. The summed E-state index contributed by atoms with van der Waals surface area (Å²) >= 11 is 0. The van der Waals surface area contributed by atoms with Crippen LogP contribution in [-0.2, 0) is 6.54 Å². The summed E-state index contributed by atoms with van der Waals surface area (Å²) in [4.78, 5) is 14.1. The molecule has 0 atom stereocenters. The number of benzene rings is 2. The van der Waals surface area contributed by atoms with Gasteiger partial charge in [-0.2, -0.15) is 0 Å². The summed E-state index contributed by atoms with van der Waals surface area (Å²) in [7, 11) is 1.84. The van der Waals surface area contributed by atoms with Crippen LogP contribution in [0.15, 0.2) is 48.5 Å². The van der Waals surface area contributed by atoms with E-state index in [0.29, 0.717) is 6.54 Å². The van der Waals surface area contributed by atoms with Gasteiger partial charge >= 0.3 is 0 Å². The van der Waals surface area contributed by atoms with Gasteiger partial charge < -0.3 is 4.90 Å². The topological polar surface area (TPSA) is 20.3 Å². The lowest BCUT2D eigenvalue weighted by atomic mass is 10.1. The quantitative estimate of drug-likeness (QED) is 0.818. The van der Waals surface area contributed by atoms with Gasteiger partial charge in [-0.05, 0) is 37.1 Å². The average Bonchev–Trinajstić information content (AvgIpc) is 2.40. The van der Waals surface area contributed by atoms with Gasteiger partial charge in [0.2, 0.25) is 0 Å². The Morgan fingerprint density at radius 1 is 1.05 bits per heavy atom. The van der Waals surface area contributed by atoms with E-state index < -0.39 is 0 Å². The molecule has 0 N–H and O–H groups in total. The standard InChI is InChI=1S/C17H19NO/c1-13-7-6-10-15(11-13)17(19)18(3)12-16-9-5-4-8-14(16)2/h4-11H,12H2,1-3H3. The molecule has 0 aliphatic rings. The Morgan fingerprint density at radius 2 is 1.79 bits per heavy atom. The van der Waals surface area contributed by atoms with Crippen molar-refractivity contribution >= 4 is 5.91 Å². The summed E-state index contributed by atoms with van der Waals surface area (Å²) in [5.74, 6) is 0.0620. The summed E-state index contributed by atoms with van der Waals surface area (Å²) in [5.41, 5.74) is 4.25. The lowest BCUT2D eigenvalue weighted by Gasteiger charge is -2.18. The van der Waals surface area contributed by atoms with Gasteiger partial charge in [-0.1, -0.05) is 42.0 Å². The second-order valence-electron chi connectivity index (χ2n) is 4.96. The van der Waals surface area contributed by atoms with Crippen LogP contribution in [0.1, 0.15) is 27.0 Å². The Kier molecular flexibility index (Phi) is 4.00. The molecule has 98 valence electrons. The first-order chi connectivity index (χ1) is 9.08. The van der Waals surface area contributed by atoms with E-state index in [4.69, 9.17) is 0 Å². The van der Waals surface area contributed by atoms with Crippen LogP contribution in [0.5, 0.6) is 0 Å². The van der Waals surface area contributed by atoms with Gasteiger partial charge in [0, 0.05) is 19.2 Å². The number of aryl methyl sites for hydroxylation is 2. The molecule has 2 aromatic rings. The zero-order valence-corrected chi connectivity index (χ0v) is 11.7. The molecule has 1 amide bonds. The van der Waals surface area contributed by atoms with E-state index in [1.807, 2.05) is 50.4 Å². The molecule has 0 aromatic heterocycles. The van der Waals surface area contributed by atoms with Crippen LogP contribution >= 0.6 is 0 Å². The molecule has 2 heteroatoms. The second kappa shape index (κ2) is 5.70. The van der Waals surface area contributed by atoms with E-state index in [9.17, 15) is 4.79 Å². The van der Waals surface area contributed by atoms with Crippen LogP contribution < -0.4 is 0 Å². The first-order valence-electron chi connectivity index (χ1n) is 6.44. The largest absolute Gasteiger partial charge is 0.337 e. The molecule has 0 aliphatic carbocycles. The minimum atomic E-state index is 0.0620. The Labute approximate surface area is 114 Å². The molecular weight excluding hydrogens is 234 g/mol. The molecule has 0 saturated heterocycles. The summed E-state index contributed by atoms with van der Waals surface area (Å²) in [5, 5.41) is 0. The molecule has 0 aliphatic heterocycles. The summed E-state index contributed by atoms with van der Waals surface area (Å²) in [6.07, 6.45) is 0. The third-order valence-corrected chi connectivity index (χ3v) is 3.28. The molecule has 0 radical (unpaired) electrons. The molecule has 0 heterocycles. The van der Waals surface area contributed by atoms with Crippen LogP contribution in [0.25, 0.3) is 0 Å². The van der Waals surface area contributed by atoms with E-state index in [2.05, 4.69) is 19.1 Å². The van der Waals surface area contributed by atoms with Crippen molar-refractivity contribution in [3.8, 4) is 0 Å². The number of carbonyl (C=O) groups is 1. The molecule has 0 spiro atoms. The number of carbonyl (C=O) groups excluding carboxylic acids is 1. The fourth-order valence-corrected chi connectivity index (χ4v) is 2.11. The van der Waals surface area contributed by atoms with E-state index >= 15 is 0 Å². The number of amides is 1. The van der Waals surface area contributed by atoms with Crippen molar-refractivity contribution in [3.63, 3.8) is 0 Å². The number of rotatable bonds is 3. The molecular formula is C17H19NO. The highest BCUT2D eigenvalue weighted by Gasteiger charge is 2.12. The van der Waals surface area contributed by atoms with E-state index in [1.54, 1.807) is 4.90 Å². The molecule has 19 heavy (non-hydrogen) atoms. The predicted molar refractivity (Wildman–Crippen MR) is 78.2 cm³/mol. The molecule has 2 aromatic carbocycles. The second-order valence-corrected chi connectivity index (χ2v) is 4.96. The van der Waals surface area contributed by atoms with Crippen molar-refractivity contribution in [2.75, 3.05) is 7.05 Å². The first kappa shape index (κ1) is 13.3. The maximum absolute atomic E-state index is 12.3. The van der Waals surface area contributed by atoms with Crippen LogP contribution in [0.4, 0.5) is 0 Å². The van der Waals surface area contributed by atoms with Gasteiger partial charge in [-0.15, -0.1) is 0 Å². The summed E-state index contributed by atoms with van der Waals surface area (Å²) in [6, 6.07) is 15.9. The zero-order chi connectivity index (χ0) is 13.8.